The predicted octanol–water partition coefficient (Wildman–Crippen LogP) is 2.03. The Labute approximate surface area is 164 Å². The molecule has 1 saturated heterocycles. The van der Waals surface area contributed by atoms with Gasteiger partial charge in [0.15, 0.2) is 23.1 Å². The molecule has 1 aliphatic rings. The highest BCUT2D eigenvalue weighted by Gasteiger charge is 2.28. The Morgan fingerprint density at radius 1 is 1.11 bits per heavy atom. The van der Waals surface area contributed by atoms with Gasteiger partial charge in [0.05, 0.1) is 20.4 Å². The SMILES string of the molecule is COc1ccc(Cc2nc(C3CCN(C)C3)n(-c3ccnn3C)n2)cc1OC. The van der Waals surface area contributed by atoms with Gasteiger partial charge >= 0.3 is 0 Å². The molecule has 8 heteroatoms. The molecule has 1 unspecified atom stereocenters. The van der Waals surface area contributed by atoms with E-state index < -0.39 is 0 Å². The Kier molecular flexibility index (Phi) is 5.04. The first kappa shape index (κ1) is 18.5. The average molecular weight is 382 g/mol. The summed E-state index contributed by atoms with van der Waals surface area (Å²) in [6.07, 6.45) is 3.50. The van der Waals surface area contributed by atoms with Gasteiger partial charge < -0.3 is 14.4 Å². The topological polar surface area (TPSA) is 70.2 Å². The van der Waals surface area contributed by atoms with Crippen LogP contribution in [0.25, 0.3) is 5.82 Å². The van der Waals surface area contributed by atoms with E-state index in [-0.39, 0.29) is 0 Å². The molecule has 4 rings (SSSR count). The Bertz CT molecular complexity index is 964. The Morgan fingerprint density at radius 3 is 2.57 bits per heavy atom. The second-order valence-electron chi connectivity index (χ2n) is 7.23. The van der Waals surface area contributed by atoms with Crippen molar-refractivity contribution in [2.45, 2.75) is 18.8 Å². The molecule has 0 bridgehead atoms. The van der Waals surface area contributed by atoms with E-state index >= 15 is 0 Å². The lowest BCUT2D eigenvalue weighted by Crippen LogP contribution is -2.16. The molecule has 0 saturated carbocycles. The molecule has 1 aliphatic heterocycles. The van der Waals surface area contributed by atoms with Gasteiger partial charge in [0.25, 0.3) is 0 Å². The molecule has 3 heterocycles. The van der Waals surface area contributed by atoms with E-state index in [1.807, 2.05) is 40.7 Å². The van der Waals surface area contributed by atoms with Crippen molar-refractivity contribution in [2.24, 2.45) is 7.05 Å². The number of aromatic nitrogens is 5. The smallest absolute Gasteiger partial charge is 0.161 e. The largest absolute Gasteiger partial charge is 0.493 e. The van der Waals surface area contributed by atoms with E-state index in [0.717, 1.165) is 42.5 Å². The number of hydrogen-bond acceptors (Lipinski definition) is 6. The van der Waals surface area contributed by atoms with Crippen molar-refractivity contribution < 1.29 is 9.47 Å². The average Bonchev–Trinajstić information content (AvgIpc) is 3.41. The number of rotatable bonds is 6. The van der Waals surface area contributed by atoms with Crippen LogP contribution < -0.4 is 9.47 Å². The predicted molar refractivity (Wildman–Crippen MR) is 105 cm³/mol. The minimum absolute atomic E-state index is 0.367. The lowest BCUT2D eigenvalue weighted by atomic mass is 10.1. The highest BCUT2D eigenvalue weighted by atomic mass is 16.5. The second kappa shape index (κ2) is 7.63. The molecular weight excluding hydrogens is 356 g/mol. The summed E-state index contributed by atoms with van der Waals surface area (Å²) in [6, 6.07) is 7.89. The summed E-state index contributed by atoms with van der Waals surface area (Å²) in [6.45, 7) is 2.07. The molecule has 8 nitrogen and oxygen atoms in total. The Morgan fingerprint density at radius 2 is 1.93 bits per heavy atom. The maximum absolute atomic E-state index is 5.42. The van der Waals surface area contributed by atoms with Crippen LogP contribution in [0.4, 0.5) is 0 Å². The Balaban J connectivity index is 1.68. The molecule has 0 aliphatic carbocycles. The first-order valence-corrected chi connectivity index (χ1v) is 9.42. The molecule has 0 spiro atoms. The highest BCUT2D eigenvalue weighted by molar-refractivity contribution is 5.43. The minimum Gasteiger partial charge on any atom is -0.493 e. The van der Waals surface area contributed by atoms with Crippen LogP contribution >= 0.6 is 0 Å². The van der Waals surface area contributed by atoms with Crippen LogP contribution in [0.2, 0.25) is 0 Å². The molecule has 28 heavy (non-hydrogen) atoms. The fourth-order valence-electron chi connectivity index (χ4n) is 3.77. The monoisotopic (exact) mass is 382 g/mol. The molecule has 148 valence electrons. The van der Waals surface area contributed by atoms with Gasteiger partial charge in [-0.05, 0) is 37.7 Å². The van der Waals surface area contributed by atoms with E-state index in [4.69, 9.17) is 19.6 Å². The third-order valence-corrected chi connectivity index (χ3v) is 5.25. The van der Waals surface area contributed by atoms with Crippen LogP contribution in [0.3, 0.4) is 0 Å². The van der Waals surface area contributed by atoms with E-state index in [9.17, 15) is 0 Å². The van der Waals surface area contributed by atoms with Gasteiger partial charge in [-0.1, -0.05) is 6.07 Å². The van der Waals surface area contributed by atoms with Crippen LogP contribution in [0.15, 0.2) is 30.5 Å². The van der Waals surface area contributed by atoms with Gasteiger partial charge in [-0.3, -0.25) is 4.68 Å². The summed E-state index contributed by atoms with van der Waals surface area (Å²) >= 11 is 0. The van der Waals surface area contributed by atoms with Crippen LogP contribution in [0, 0.1) is 0 Å². The van der Waals surface area contributed by atoms with Crippen molar-refractivity contribution in [3.05, 3.63) is 47.7 Å². The fourth-order valence-corrected chi connectivity index (χ4v) is 3.77. The first-order chi connectivity index (χ1) is 13.6. The van der Waals surface area contributed by atoms with E-state index in [1.54, 1.807) is 20.4 Å². The van der Waals surface area contributed by atoms with Gasteiger partial charge in [0.1, 0.15) is 5.82 Å². The third-order valence-electron chi connectivity index (χ3n) is 5.25. The van der Waals surface area contributed by atoms with Crippen molar-refractivity contribution in [2.75, 3.05) is 34.4 Å². The number of benzene rings is 1. The van der Waals surface area contributed by atoms with E-state index in [0.29, 0.717) is 23.8 Å². The lowest BCUT2D eigenvalue weighted by molar-refractivity contribution is 0.354. The second-order valence-corrected chi connectivity index (χ2v) is 7.23. The van der Waals surface area contributed by atoms with Crippen molar-refractivity contribution in [1.82, 2.24) is 29.4 Å². The standard InChI is InChI=1S/C20H26N6O2/c1-24-10-8-15(13-24)20-22-18(23-26(20)19-7-9-21-25(19)2)12-14-5-6-16(27-3)17(11-14)28-4/h5-7,9,11,15H,8,10,12-13H2,1-4H3. The first-order valence-electron chi connectivity index (χ1n) is 9.42. The van der Waals surface area contributed by atoms with Crippen molar-refractivity contribution >= 4 is 0 Å². The van der Waals surface area contributed by atoms with Crippen LogP contribution in [0.5, 0.6) is 11.5 Å². The van der Waals surface area contributed by atoms with Crippen molar-refractivity contribution in [3.63, 3.8) is 0 Å². The van der Waals surface area contributed by atoms with Crippen molar-refractivity contribution in [1.29, 1.82) is 0 Å². The maximum Gasteiger partial charge on any atom is 0.161 e. The zero-order chi connectivity index (χ0) is 19.7. The number of aryl methyl sites for hydroxylation is 1. The summed E-state index contributed by atoms with van der Waals surface area (Å²) in [5, 5.41) is 9.13. The third kappa shape index (κ3) is 3.47. The molecule has 0 amide bonds. The maximum atomic E-state index is 5.42. The molecule has 1 aromatic carbocycles. The van der Waals surface area contributed by atoms with E-state index in [2.05, 4.69) is 17.0 Å². The summed E-state index contributed by atoms with van der Waals surface area (Å²) < 4.78 is 14.5. The minimum atomic E-state index is 0.367. The van der Waals surface area contributed by atoms with Crippen LogP contribution in [0.1, 0.15) is 29.6 Å². The molecule has 2 aromatic heterocycles. The summed E-state index contributed by atoms with van der Waals surface area (Å²) in [5.41, 5.74) is 1.08. The molecule has 1 fully saturated rings. The summed E-state index contributed by atoms with van der Waals surface area (Å²) in [7, 11) is 7.36. The number of ether oxygens (including phenoxy) is 2. The van der Waals surface area contributed by atoms with E-state index in [1.165, 1.54) is 0 Å². The molecular formula is C20H26N6O2. The molecule has 0 radical (unpaired) electrons. The number of nitrogens with zero attached hydrogens (tertiary/aromatic N) is 6. The van der Waals surface area contributed by atoms with Crippen LogP contribution in [-0.2, 0) is 13.5 Å². The van der Waals surface area contributed by atoms with Gasteiger partial charge in [-0.2, -0.15) is 9.78 Å². The Hall–Kier alpha value is -2.87. The van der Waals surface area contributed by atoms with Gasteiger partial charge in [0, 0.05) is 32.0 Å². The number of hydrogen-bond donors (Lipinski definition) is 0. The number of likely N-dealkylation sites (tertiary alicyclic amines) is 1. The van der Waals surface area contributed by atoms with Gasteiger partial charge in [-0.15, -0.1) is 5.10 Å². The zero-order valence-corrected chi connectivity index (χ0v) is 16.8. The fraction of sp³-hybridized carbons (Fsp3) is 0.450. The van der Waals surface area contributed by atoms with Gasteiger partial charge in [-0.25, -0.2) is 4.98 Å². The van der Waals surface area contributed by atoms with Crippen molar-refractivity contribution in [3.8, 4) is 17.3 Å². The molecule has 3 aromatic rings. The summed E-state index contributed by atoms with van der Waals surface area (Å²) in [5.74, 6) is 4.52. The number of likely N-dealkylation sites (N-methyl/N-ethyl adjacent to an activating group) is 1. The van der Waals surface area contributed by atoms with Crippen LogP contribution in [-0.4, -0.2) is 63.8 Å². The quantitative estimate of drug-likeness (QED) is 0.650. The van der Waals surface area contributed by atoms with Gasteiger partial charge in [0.2, 0.25) is 0 Å². The molecule has 0 N–H and O–H groups in total. The normalized spacial score (nSPS) is 17.2. The summed E-state index contributed by atoms with van der Waals surface area (Å²) in [4.78, 5) is 7.26. The zero-order valence-electron chi connectivity index (χ0n) is 16.8. The lowest BCUT2D eigenvalue weighted by Gasteiger charge is -2.11. The molecule has 1 atom stereocenters. The highest BCUT2D eigenvalue weighted by Crippen LogP contribution is 2.30. The number of methoxy groups -OCH3 is 2.